The molecule has 3 rings (SSSR count). The maximum atomic E-state index is 12.2. The van der Waals surface area contributed by atoms with Gasteiger partial charge < -0.3 is 9.88 Å². The predicted molar refractivity (Wildman–Crippen MR) is 96.5 cm³/mol. The van der Waals surface area contributed by atoms with Crippen molar-refractivity contribution >= 4 is 10.8 Å². The fourth-order valence-electron chi connectivity index (χ4n) is 3.17. The van der Waals surface area contributed by atoms with Crippen LogP contribution in [0.25, 0.3) is 0 Å². The Balaban J connectivity index is 1.45. The van der Waals surface area contributed by atoms with E-state index in [-0.39, 0.29) is 0 Å². The van der Waals surface area contributed by atoms with Crippen molar-refractivity contribution in [3.05, 3.63) is 42.0 Å². The molecule has 0 fully saturated rings. The summed E-state index contributed by atoms with van der Waals surface area (Å²) in [5.41, 5.74) is 0. The van der Waals surface area contributed by atoms with Crippen molar-refractivity contribution in [1.29, 1.82) is 0 Å². The van der Waals surface area contributed by atoms with Gasteiger partial charge in [-0.25, -0.2) is 0 Å². The molecule has 5 nitrogen and oxygen atoms in total. The quantitative estimate of drug-likeness (QED) is 0.782. The van der Waals surface area contributed by atoms with Crippen LogP contribution in [0.15, 0.2) is 35.2 Å². The number of aryl methyl sites for hydroxylation is 1. The number of rotatable bonds is 7. The lowest BCUT2D eigenvalue weighted by Gasteiger charge is -2.25. The Morgan fingerprint density at radius 1 is 1.29 bits per heavy atom. The van der Waals surface area contributed by atoms with E-state index in [2.05, 4.69) is 33.9 Å². The van der Waals surface area contributed by atoms with Gasteiger partial charge >= 0.3 is 0 Å². The standard InChI is InChI=1S/C18H26N4OS/c1-14(2)18-21-20-17-9-8-15(13-22(17)18)12-19-10-11-24(23)16-6-4-3-5-7-16/h3-7,14-15,19H,8-13H2,1-2H3. The predicted octanol–water partition coefficient (Wildman–Crippen LogP) is 2.36. The SMILES string of the molecule is CC(C)c1nnc2n1CC(CNCCS(=O)c1ccccc1)CC2. The highest BCUT2D eigenvalue weighted by Crippen LogP contribution is 2.23. The van der Waals surface area contributed by atoms with Crippen LogP contribution in [0, 0.1) is 5.92 Å². The van der Waals surface area contributed by atoms with Crippen LogP contribution in [0.4, 0.5) is 0 Å². The van der Waals surface area contributed by atoms with E-state index in [4.69, 9.17) is 0 Å². The van der Waals surface area contributed by atoms with Gasteiger partial charge in [0.2, 0.25) is 0 Å². The molecule has 1 aliphatic rings. The van der Waals surface area contributed by atoms with Crippen molar-refractivity contribution in [1.82, 2.24) is 20.1 Å². The molecule has 0 bridgehead atoms. The Morgan fingerprint density at radius 2 is 2.08 bits per heavy atom. The van der Waals surface area contributed by atoms with Crippen molar-refractivity contribution in [3.63, 3.8) is 0 Å². The highest BCUT2D eigenvalue weighted by Gasteiger charge is 2.23. The average molecular weight is 347 g/mol. The number of aromatic nitrogens is 3. The molecule has 1 aromatic heterocycles. The van der Waals surface area contributed by atoms with Crippen LogP contribution >= 0.6 is 0 Å². The van der Waals surface area contributed by atoms with Crippen LogP contribution in [0.1, 0.15) is 37.8 Å². The minimum Gasteiger partial charge on any atom is -0.315 e. The molecule has 2 atom stereocenters. The lowest BCUT2D eigenvalue weighted by molar-refractivity contribution is 0.343. The molecule has 2 unspecified atom stereocenters. The summed E-state index contributed by atoms with van der Waals surface area (Å²) < 4.78 is 14.5. The maximum absolute atomic E-state index is 12.2. The van der Waals surface area contributed by atoms with Gasteiger partial charge in [0.15, 0.2) is 0 Å². The highest BCUT2D eigenvalue weighted by molar-refractivity contribution is 7.85. The minimum absolute atomic E-state index is 0.409. The third-order valence-corrected chi connectivity index (χ3v) is 5.87. The molecular weight excluding hydrogens is 320 g/mol. The Hall–Kier alpha value is -1.53. The molecule has 0 spiro atoms. The maximum Gasteiger partial charge on any atom is 0.135 e. The van der Waals surface area contributed by atoms with Gasteiger partial charge in [0, 0.05) is 36.1 Å². The van der Waals surface area contributed by atoms with Crippen molar-refractivity contribution in [2.45, 2.75) is 44.0 Å². The zero-order chi connectivity index (χ0) is 16.9. The summed E-state index contributed by atoms with van der Waals surface area (Å²) in [7, 11) is -0.917. The second-order valence-electron chi connectivity index (χ2n) is 6.71. The van der Waals surface area contributed by atoms with E-state index in [1.165, 1.54) is 0 Å². The van der Waals surface area contributed by atoms with Gasteiger partial charge in [-0.3, -0.25) is 4.21 Å². The fourth-order valence-corrected chi connectivity index (χ4v) is 4.20. The van der Waals surface area contributed by atoms with Gasteiger partial charge in [-0.2, -0.15) is 0 Å². The Kier molecular flexibility index (Phi) is 5.79. The fraction of sp³-hybridized carbons (Fsp3) is 0.556. The molecule has 6 heteroatoms. The van der Waals surface area contributed by atoms with Gasteiger partial charge in [0.05, 0.1) is 10.8 Å². The van der Waals surface area contributed by atoms with E-state index >= 15 is 0 Å². The molecular formula is C18H26N4OS. The van der Waals surface area contributed by atoms with Gasteiger partial charge in [0.25, 0.3) is 0 Å². The van der Waals surface area contributed by atoms with Crippen LogP contribution in [0.2, 0.25) is 0 Å². The average Bonchev–Trinajstić information content (AvgIpc) is 3.02. The molecule has 2 heterocycles. The van der Waals surface area contributed by atoms with E-state index in [0.717, 1.165) is 49.0 Å². The number of fused-ring (bicyclic) bond motifs is 1. The zero-order valence-electron chi connectivity index (χ0n) is 14.4. The first-order valence-corrected chi connectivity index (χ1v) is 10.0. The van der Waals surface area contributed by atoms with Crippen LogP contribution in [0.3, 0.4) is 0 Å². The molecule has 24 heavy (non-hydrogen) atoms. The Bertz CT molecular complexity index is 684. The molecule has 0 amide bonds. The molecule has 0 saturated heterocycles. The topological polar surface area (TPSA) is 59.8 Å². The van der Waals surface area contributed by atoms with E-state index < -0.39 is 10.8 Å². The van der Waals surface area contributed by atoms with Crippen LogP contribution in [-0.4, -0.2) is 37.8 Å². The normalized spacial score (nSPS) is 18.5. The number of nitrogens with zero attached hydrogens (tertiary/aromatic N) is 3. The van der Waals surface area contributed by atoms with Crippen molar-refractivity contribution in [2.75, 3.05) is 18.8 Å². The molecule has 2 aromatic rings. The zero-order valence-corrected chi connectivity index (χ0v) is 15.3. The number of benzene rings is 1. The van der Waals surface area contributed by atoms with Crippen LogP contribution in [0.5, 0.6) is 0 Å². The first kappa shape index (κ1) is 17.3. The lowest BCUT2D eigenvalue weighted by Crippen LogP contribution is -2.32. The van der Waals surface area contributed by atoms with Gasteiger partial charge in [-0.15, -0.1) is 10.2 Å². The largest absolute Gasteiger partial charge is 0.315 e. The number of hydrogen-bond acceptors (Lipinski definition) is 4. The Labute approximate surface area is 146 Å². The van der Waals surface area contributed by atoms with Gasteiger partial charge in [-0.1, -0.05) is 32.0 Å². The first-order chi connectivity index (χ1) is 11.6. The second-order valence-corrected chi connectivity index (χ2v) is 8.28. The molecule has 130 valence electrons. The van der Waals surface area contributed by atoms with Crippen LogP contribution in [-0.2, 0) is 23.8 Å². The van der Waals surface area contributed by atoms with Crippen molar-refractivity contribution in [3.8, 4) is 0 Å². The summed E-state index contributed by atoms with van der Waals surface area (Å²) >= 11 is 0. The van der Waals surface area contributed by atoms with E-state index in [9.17, 15) is 4.21 Å². The molecule has 0 aliphatic carbocycles. The van der Waals surface area contributed by atoms with E-state index in [1.54, 1.807) is 0 Å². The molecule has 1 aromatic carbocycles. The smallest absolute Gasteiger partial charge is 0.135 e. The van der Waals surface area contributed by atoms with Crippen LogP contribution < -0.4 is 5.32 Å². The summed E-state index contributed by atoms with van der Waals surface area (Å²) in [6.45, 7) is 7.06. The second kappa shape index (κ2) is 8.03. The lowest BCUT2D eigenvalue weighted by atomic mass is 9.99. The third kappa shape index (κ3) is 4.11. The summed E-state index contributed by atoms with van der Waals surface area (Å²) in [6.07, 6.45) is 2.15. The van der Waals surface area contributed by atoms with Gasteiger partial charge in [0.1, 0.15) is 11.6 Å². The molecule has 1 N–H and O–H groups in total. The monoisotopic (exact) mass is 346 g/mol. The Morgan fingerprint density at radius 3 is 2.83 bits per heavy atom. The third-order valence-electron chi connectivity index (χ3n) is 4.49. The van der Waals surface area contributed by atoms with E-state index in [0.29, 0.717) is 17.6 Å². The summed E-state index contributed by atoms with van der Waals surface area (Å²) in [5.74, 6) is 3.88. The van der Waals surface area contributed by atoms with Crippen molar-refractivity contribution in [2.24, 2.45) is 5.92 Å². The molecule has 0 saturated carbocycles. The van der Waals surface area contributed by atoms with Gasteiger partial charge in [-0.05, 0) is 31.0 Å². The highest BCUT2D eigenvalue weighted by atomic mass is 32.2. The number of hydrogen-bond donors (Lipinski definition) is 1. The van der Waals surface area contributed by atoms with Crippen molar-refractivity contribution < 1.29 is 4.21 Å². The summed E-state index contributed by atoms with van der Waals surface area (Å²) in [4.78, 5) is 0.910. The van der Waals surface area contributed by atoms with E-state index in [1.807, 2.05) is 30.3 Å². The molecule has 0 radical (unpaired) electrons. The summed E-state index contributed by atoms with van der Waals surface area (Å²) in [6, 6.07) is 9.68. The molecule has 1 aliphatic heterocycles. The summed E-state index contributed by atoms with van der Waals surface area (Å²) in [5, 5.41) is 12.1. The number of nitrogens with one attached hydrogen (secondary N) is 1. The first-order valence-electron chi connectivity index (χ1n) is 8.71. The minimum atomic E-state index is -0.917.